The molecule has 9 nitrogen and oxygen atoms in total. The van der Waals surface area contributed by atoms with Crippen molar-refractivity contribution in [2.45, 2.75) is 32.3 Å². The van der Waals surface area contributed by atoms with Gasteiger partial charge in [0.1, 0.15) is 0 Å². The fourth-order valence-corrected chi connectivity index (χ4v) is 3.93. The Kier molecular flexibility index (Phi) is 8.60. The van der Waals surface area contributed by atoms with Crippen molar-refractivity contribution >= 4 is 17.8 Å². The Hall–Kier alpha value is -2.49. The normalized spacial score (nSPS) is 19.1. The maximum atomic E-state index is 12.4. The summed E-state index contributed by atoms with van der Waals surface area (Å²) in [6, 6.07) is 6.95. The highest BCUT2D eigenvalue weighted by Crippen LogP contribution is 2.22. The van der Waals surface area contributed by atoms with Crippen molar-refractivity contribution in [3.63, 3.8) is 0 Å². The lowest BCUT2D eigenvalue weighted by molar-refractivity contribution is -0.0180. The molecule has 1 aromatic carbocycles. The number of amides is 2. The molecule has 3 N–H and O–H groups in total. The van der Waals surface area contributed by atoms with E-state index in [0.29, 0.717) is 62.9 Å². The second-order valence-corrected chi connectivity index (χ2v) is 8.52. The van der Waals surface area contributed by atoms with E-state index in [-0.39, 0.29) is 18.4 Å². The number of carbonyl (C=O) groups excluding carboxylic acids is 2. The summed E-state index contributed by atoms with van der Waals surface area (Å²) in [5.74, 6) is 0.224. The summed E-state index contributed by atoms with van der Waals surface area (Å²) < 4.78 is 5.36. The van der Waals surface area contributed by atoms with E-state index >= 15 is 0 Å². The molecule has 0 bridgehead atoms. The number of nitrogens with zero attached hydrogens (tertiary/aromatic N) is 3. The summed E-state index contributed by atoms with van der Waals surface area (Å²) in [6.45, 7) is 9.45. The number of nitrogens with one attached hydrogen (secondary N) is 2. The number of aliphatic imine (C=N–C) groups is 1. The van der Waals surface area contributed by atoms with Gasteiger partial charge in [-0.2, -0.15) is 0 Å². The van der Waals surface area contributed by atoms with Crippen LogP contribution in [0.3, 0.4) is 0 Å². The topological polar surface area (TPSA) is 106 Å². The molecule has 0 radical (unpaired) electrons. The summed E-state index contributed by atoms with van der Waals surface area (Å²) >= 11 is 0. The fraction of sp³-hybridized carbons (Fsp3) is 0.609. The van der Waals surface area contributed by atoms with Crippen molar-refractivity contribution < 1.29 is 19.4 Å². The Morgan fingerprint density at radius 2 is 1.78 bits per heavy atom. The van der Waals surface area contributed by atoms with E-state index in [0.717, 1.165) is 19.5 Å². The third kappa shape index (κ3) is 6.51. The predicted molar refractivity (Wildman–Crippen MR) is 123 cm³/mol. The molecule has 1 atom stereocenters. The minimum absolute atomic E-state index is 0.212. The molecule has 0 spiro atoms. The lowest BCUT2D eigenvalue weighted by atomic mass is 10.1. The number of aliphatic hydroxyl groups is 1. The van der Waals surface area contributed by atoms with Gasteiger partial charge in [0.25, 0.3) is 11.8 Å². The van der Waals surface area contributed by atoms with Gasteiger partial charge in [0, 0.05) is 39.3 Å². The Morgan fingerprint density at radius 1 is 1.12 bits per heavy atom. The number of imide groups is 1. The molecule has 2 amide bonds. The van der Waals surface area contributed by atoms with Crippen LogP contribution in [0.4, 0.5) is 0 Å². The number of guanidine groups is 1. The zero-order valence-corrected chi connectivity index (χ0v) is 19.1. The molecule has 0 aliphatic carbocycles. The molecule has 2 aliphatic rings. The molecule has 1 aromatic rings. The summed E-state index contributed by atoms with van der Waals surface area (Å²) in [5, 5.41) is 17.2. The number of carbonyl (C=O) groups is 2. The number of fused-ring (bicyclic) bond motifs is 1. The van der Waals surface area contributed by atoms with Crippen LogP contribution in [0.15, 0.2) is 29.3 Å². The molecule has 1 unspecified atom stereocenters. The number of benzene rings is 1. The number of morpholine rings is 1. The number of rotatable bonds is 10. The number of hydrogen-bond acceptors (Lipinski definition) is 6. The maximum Gasteiger partial charge on any atom is 0.261 e. The first-order valence-electron chi connectivity index (χ1n) is 11.4. The fourth-order valence-electron chi connectivity index (χ4n) is 3.93. The van der Waals surface area contributed by atoms with Crippen LogP contribution in [-0.2, 0) is 4.74 Å². The van der Waals surface area contributed by atoms with E-state index in [1.54, 1.807) is 31.2 Å². The van der Waals surface area contributed by atoms with E-state index in [2.05, 4.69) is 20.5 Å². The lowest BCUT2D eigenvalue weighted by Crippen LogP contribution is -2.48. The second kappa shape index (κ2) is 11.4. The average molecular weight is 446 g/mol. The minimum Gasteiger partial charge on any atom is -0.387 e. The first-order valence-corrected chi connectivity index (χ1v) is 11.4. The largest absolute Gasteiger partial charge is 0.387 e. The highest BCUT2D eigenvalue weighted by Gasteiger charge is 2.34. The molecule has 1 saturated heterocycles. The van der Waals surface area contributed by atoms with Crippen LogP contribution in [0.2, 0.25) is 0 Å². The van der Waals surface area contributed by atoms with Gasteiger partial charge in [-0.1, -0.05) is 12.1 Å². The summed E-state index contributed by atoms with van der Waals surface area (Å²) in [7, 11) is 0. The molecule has 2 heterocycles. The van der Waals surface area contributed by atoms with Gasteiger partial charge in [0.15, 0.2) is 5.96 Å². The van der Waals surface area contributed by atoms with Crippen molar-refractivity contribution in [3.05, 3.63) is 35.4 Å². The van der Waals surface area contributed by atoms with Crippen LogP contribution >= 0.6 is 0 Å². The molecule has 176 valence electrons. The molecule has 0 saturated carbocycles. The van der Waals surface area contributed by atoms with Crippen LogP contribution in [0.25, 0.3) is 0 Å². The lowest BCUT2D eigenvalue weighted by Gasteiger charge is -2.33. The van der Waals surface area contributed by atoms with E-state index in [1.807, 2.05) is 6.92 Å². The van der Waals surface area contributed by atoms with Crippen molar-refractivity contribution in [1.82, 2.24) is 20.4 Å². The number of β-amino-alcohol motifs (C(OH)–C–C–N with tert-alkyl or cyclic N) is 1. The van der Waals surface area contributed by atoms with Gasteiger partial charge < -0.3 is 20.5 Å². The van der Waals surface area contributed by atoms with Crippen molar-refractivity contribution in [2.75, 3.05) is 59.0 Å². The standard InChI is InChI=1S/C23H35N5O4/c1-3-24-22(26-16-23(2,31)17-27-12-14-32-15-13-27)25-10-6-7-11-28-20(29)18-8-4-5-9-19(18)21(28)30/h4-5,8-9,31H,3,6-7,10-17H2,1-2H3,(H2,24,25,26). The Bertz CT molecular complexity index is 785. The van der Waals surface area contributed by atoms with Crippen molar-refractivity contribution in [3.8, 4) is 0 Å². The predicted octanol–water partition coefficient (Wildman–Crippen LogP) is 0.701. The van der Waals surface area contributed by atoms with Crippen LogP contribution in [0, 0.1) is 0 Å². The van der Waals surface area contributed by atoms with E-state index < -0.39 is 5.60 Å². The van der Waals surface area contributed by atoms with E-state index in [9.17, 15) is 14.7 Å². The monoisotopic (exact) mass is 445 g/mol. The van der Waals surface area contributed by atoms with Gasteiger partial charge in [0.2, 0.25) is 0 Å². The van der Waals surface area contributed by atoms with E-state index in [4.69, 9.17) is 4.74 Å². The molecule has 3 rings (SSSR count). The second-order valence-electron chi connectivity index (χ2n) is 8.52. The summed E-state index contributed by atoms with van der Waals surface area (Å²) in [5.41, 5.74) is 0.0492. The molecule has 9 heteroatoms. The molecule has 1 fully saturated rings. The molecular formula is C23H35N5O4. The molecule has 2 aliphatic heterocycles. The Balaban J connectivity index is 1.41. The van der Waals surface area contributed by atoms with Gasteiger partial charge in [-0.3, -0.25) is 24.4 Å². The SMILES string of the molecule is CCNC(=NCC(C)(O)CN1CCOCC1)NCCCCN1C(=O)c2ccccc2C1=O. The van der Waals surface area contributed by atoms with Gasteiger partial charge in [-0.15, -0.1) is 0 Å². The highest BCUT2D eigenvalue weighted by atomic mass is 16.5. The first-order chi connectivity index (χ1) is 15.4. The summed E-state index contributed by atoms with van der Waals surface area (Å²) in [4.78, 5) is 32.9. The van der Waals surface area contributed by atoms with Gasteiger partial charge in [0.05, 0.1) is 36.5 Å². The van der Waals surface area contributed by atoms with Gasteiger partial charge in [-0.25, -0.2) is 0 Å². The molecule has 0 aromatic heterocycles. The Labute approximate surface area is 189 Å². The van der Waals surface area contributed by atoms with E-state index in [1.165, 1.54) is 4.90 Å². The first kappa shape index (κ1) is 24.2. The zero-order valence-electron chi connectivity index (χ0n) is 19.1. The highest BCUT2D eigenvalue weighted by molar-refractivity contribution is 6.21. The van der Waals surface area contributed by atoms with Gasteiger partial charge >= 0.3 is 0 Å². The number of unbranched alkanes of at least 4 members (excludes halogenated alkanes) is 1. The van der Waals surface area contributed by atoms with Crippen LogP contribution in [-0.4, -0.2) is 97.3 Å². The van der Waals surface area contributed by atoms with Crippen LogP contribution < -0.4 is 10.6 Å². The Morgan fingerprint density at radius 3 is 2.41 bits per heavy atom. The molecule has 32 heavy (non-hydrogen) atoms. The molecular weight excluding hydrogens is 410 g/mol. The zero-order chi connectivity index (χ0) is 23.0. The quantitative estimate of drug-likeness (QED) is 0.211. The van der Waals surface area contributed by atoms with Crippen molar-refractivity contribution in [1.29, 1.82) is 0 Å². The summed E-state index contributed by atoms with van der Waals surface area (Å²) in [6.07, 6.45) is 1.48. The number of hydrogen-bond donors (Lipinski definition) is 3. The van der Waals surface area contributed by atoms with Crippen LogP contribution in [0.1, 0.15) is 47.4 Å². The van der Waals surface area contributed by atoms with Crippen LogP contribution in [0.5, 0.6) is 0 Å². The third-order valence-corrected chi connectivity index (χ3v) is 5.57. The average Bonchev–Trinajstić information content (AvgIpc) is 3.02. The number of ether oxygens (including phenoxy) is 1. The minimum atomic E-state index is -0.925. The van der Waals surface area contributed by atoms with Crippen molar-refractivity contribution in [2.24, 2.45) is 4.99 Å². The smallest absolute Gasteiger partial charge is 0.261 e. The third-order valence-electron chi connectivity index (χ3n) is 5.57. The maximum absolute atomic E-state index is 12.4. The van der Waals surface area contributed by atoms with Gasteiger partial charge in [-0.05, 0) is 38.8 Å².